The van der Waals surface area contributed by atoms with Gasteiger partial charge >= 0.3 is 18.1 Å². The van der Waals surface area contributed by atoms with Crippen molar-refractivity contribution in [1.29, 1.82) is 5.26 Å². The van der Waals surface area contributed by atoms with E-state index in [4.69, 9.17) is 5.26 Å². The molecule has 10 N–H and O–H groups in total. The minimum atomic E-state index is -0.341. The summed E-state index contributed by atoms with van der Waals surface area (Å²) in [5.41, 5.74) is 12.3. The molecule has 0 aliphatic heterocycles. The van der Waals surface area contributed by atoms with E-state index in [-0.39, 0.29) is 41.7 Å². The molecule has 1 aliphatic rings. The first-order chi connectivity index (χ1) is 44.7. The van der Waals surface area contributed by atoms with Gasteiger partial charge in [0.15, 0.2) is 11.5 Å². The molecule has 28 nitrogen and oxygen atoms in total. The number of anilines is 3. The van der Waals surface area contributed by atoms with Gasteiger partial charge < -0.3 is 49.9 Å². The Morgan fingerprint density at radius 1 is 0.533 bits per heavy atom. The van der Waals surface area contributed by atoms with Crippen molar-refractivity contribution in [3.63, 3.8) is 0 Å². The molecule has 464 valence electrons. The van der Waals surface area contributed by atoms with Gasteiger partial charge in [0.25, 0.3) is 5.91 Å². The summed E-state index contributed by atoms with van der Waals surface area (Å²) in [5, 5.41) is 28.1. The van der Waals surface area contributed by atoms with Gasteiger partial charge in [0.1, 0.15) is 53.0 Å². The highest BCUT2D eigenvalue weighted by atomic mass is 16.2. The summed E-state index contributed by atoms with van der Waals surface area (Å²) in [4.78, 5) is 109. The minimum absolute atomic E-state index is 0.0136. The first-order valence-electron chi connectivity index (χ1n) is 29.6. The number of urea groups is 3. The number of aromatic amines is 3. The number of amides is 7. The third kappa shape index (κ3) is 14.6. The molecular weight excluding hydrogens is 1170 g/mol. The normalized spacial score (nSPS) is 11.7. The van der Waals surface area contributed by atoms with Crippen molar-refractivity contribution in [1.82, 2.24) is 94.8 Å². The zero-order chi connectivity index (χ0) is 64.3. The van der Waals surface area contributed by atoms with E-state index in [1.54, 1.807) is 69.9 Å². The lowest BCUT2D eigenvalue weighted by atomic mass is 10.1. The van der Waals surface area contributed by atoms with Crippen LogP contribution < -0.4 is 37.2 Å². The van der Waals surface area contributed by atoms with Gasteiger partial charge in [-0.1, -0.05) is 32.0 Å². The number of nitrogens with one attached hydrogen (secondary N) is 10. The molecule has 13 rings (SSSR count). The van der Waals surface area contributed by atoms with Gasteiger partial charge in [-0.2, -0.15) is 5.26 Å². The number of fused-ring (bicyclic) bond motifs is 3. The van der Waals surface area contributed by atoms with Crippen LogP contribution in [0.1, 0.15) is 80.6 Å². The Balaban J connectivity index is 0.000000142. The number of imidazole rings is 6. The number of H-pyrrole nitrogens is 3. The van der Waals surface area contributed by atoms with Crippen molar-refractivity contribution in [3.8, 4) is 56.9 Å². The van der Waals surface area contributed by atoms with Gasteiger partial charge in [0.2, 0.25) is 17.8 Å². The topological polar surface area (TPSA) is 372 Å². The monoisotopic (exact) mass is 1230 g/mol. The average Bonchev–Trinajstić information content (AvgIpc) is 2.01. The molecule has 0 radical (unpaired) electrons. The number of nitriles is 1. The van der Waals surface area contributed by atoms with Crippen LogP contribution in [0.25, 0.3) is 83.9 Å². The molecule has 28 heteroatoms. The maximum Gasteiger partial charge on any atom is 0.321 e. The van der Waals surface area contributed by atoms with Gasteiger partial charge in [-0.3, -0.25) is 40.5 Å². The Hall–Kier alpha value is -12.4. The molecule has 0 bridgehead atoms. The Bertz CT molecular complexity index is 4480. The second-order valence-electron chi connectivity index (χ2n) is 21.4. The van der Waals surface area contributed by atoms with E-state index in [0.29, 0.717) is 83.0 Å². The van der Waals surface area contributed by atoms with Crippen LogP contribution in [-0.4, -0.2) is 129 Å². The molecule has 0 spiro atoms. The molecule has 92 heavy (non-hydrogen) atoms. The summed E-state index contributed by atoms with van der Waals surface area (Å²) < 4.78 is 5.34. The fourth-order valence-electron chi connectivity index (χ4n) is 9.69. The van der Waals surface area contributed by atoms with Gasteiger partial charge in [-0.05, 0) is 112 Å². The highest BCUT2D eigenvalue weighted by molar-refractivity contribution is 6.00. The quantitative estimate of drug-likeness (QED) is 0.0379. The van der Waals surface area contributed by atoms with Crippen LogP contribution in [0.5, 0.6) is 0 Å². The average molecular weight is 1230 g/mol. The molecule has 0 saturated heterocycles. The summed E-state index contributed by atoms with van der Waals surface area (Å²) in [6.45, 7) is 11.1. The Labute approximate surface area is 525 Å². The Morgan fingerprint density at radius 2 is 0.924 bits per heavy atom. The molecule has 1 fully saturated rings. The largest absolute Gasteiger partial charge is 0.348 e. The summed E-state index contributed by atoms with van der Waals surface area (Å²) in [6, 6.07) is 29.6. The molecule has 9 heterocycles. The van der Waals surface area contributed by atoms with E-state index in [2.05, 4.69) is 97.0 Å². The Morgan fingerprint density at radius 3 is 1.28 bits per heavy atom. The smallest absolute Gasteiger partial charge is 0.321 e. The van der Waals surface area contributed by atoms with Gasteiger partial charge in [0.05, 0.1) is 33.6 Å². The summed E-state index contributed by atoms with van der Waals surface area (Å²) in [7, 11) is 0. The fourth-order valence-corrected chi connectivity index (χ4v) is 9.69. The number of pyridine rings is 3. The summed E-state index contributed by atoms with van der Waals surface area (Å²) in [5.74, 6) is 1.10. The van der Waals surface area contributed by atoms with Crippen LogP contribution in [0.3, 0.4) is 0 Å². The minimum Gasteiger partial charge on any atom is -0.348 e. The molecule has 9 aromatic heterocycles. The predicted octanol–water partition coefficient (Wildman–Crippen LogP) is 9.85. The summed E-state index contributed by atoms with van der Waals surface area (Å²) in [6.07, 6.45) is 17.5. The van der Waals surface area contributed by atoms with Crippen molar-refractivity contribution in [2.24, 2.45) is 5.92 Å². The van der Waals surface area contributed by atoms with Crippen LogP contribution in [0.15, 0.2) is 147 Å². The lowest BCUT2D eigenvalue weighted by molar-refractivity contribution is 0.0943. The highest BCUT2D eigenvalue weighted by Gasteiger charge is 2.25. The van der Waals surface area contributed by atoms with E-state index in [9.17, 15) is 24.0 Å². The SMILES string of the molecule is CCNC(=O)Nc1nc2c(-c3ccccn3)cc(-n3cnc(C#N)c3)cc2[nH]1.CCNC(=O)Nc1nc2c(-c3ccccn3)cc(-n3cnc(C(=O)CC(C)C)c3)cc2[nH]1.CCNC(=O)Nc1nc2c(-c3ccccn3)cc(-n3cnc(C(=O)NC4CC4)c3)cc2[nH]1. The first-order valence-corrected chi connectivity index (χ1v) is 29.6. The number of rotatable bonds is 17. The second-order valence-corrected chi connectivity index (χ2v) is 21.4. The maximum atomic E-state index is 12.4. The second kappa shape index (κ2) is 27.7. The number of aromatic nitrogens is 15. The van der Waals surface area contributed by atoms with Crippen LogP contribution >= 0.6 is 0 Å². The fraction of sp³-hybridized carbons (Fsp3) is 0.203. The number of carbonyl (C=O) groups is 5. The Kier molecular flexibility index (Phi) is 18.5. The number of nitrogens with zero attached hydrogens (tertiary/aromatic N) is 13. The van der Waals surface area contributed by atoms with Crippen LogP contribution in [0.2, 0.25) is 0 Å². The molecule has 1 saturated carbocycles. The molecule has 0 atom stereocenters. The van der Waals surface area contributed by atoms with Crippen molar-refractivity contribution in [3.05, 3.63) is 164 Å². The van der Waals surface area contributed by atoms with Crippen LogP contribution in [0.4, 0.5) is 32.2 Å². The van der Waals surface area contributed by atoms with Gasteiger partial charge in [-0.25, -0.2) is 44.3 Å². The van der Waals surface area contributed by atoms with Gasteiger partial charge in [-0.15, -0.1) is 0 Å². The molecule has 0 unspecified atom stereocenters. The zero-order valence-corrected chi connectivity index (χ0v) is 50.6. The van der Waals surface area contributed by atoms with Crippen LogP contribution in [0, 0.1) is 17.2 Å². The van der Waals surface area contributed by atoms with Crippen molar-refractivity contribution >= 4 is 80.7 Å². The van der Waals surface area contributed by atoms with E-state index < -0.39 is 0 Å². The number of ketones is 1. The number of Topliss-reactive ketones (excluding diaryl/α,β-unsaturated/α-hetero) is 1. The number of carbonyl (C=O) groups excluding carboxylic acids is 5. The highest BCUT2D eigenvalue weighted by Crippen LogP contribution is 2.34. The zero-order valence-electron chi connectivity index (χ0n) is 50.6. The number of hydrogen-bond donors (Lipinski definition) is 10. The lowest BCUT2D eigenvalue weighted by Crippen LogP contribution is -2.28. The summed E-state index contributed by atoms with van der Waals surface area (Å²) >= 11 is 0. The van der Waals surface area contributed by atoms with Gasteiger partial charge in [0, 0.05) is 103 Å². The number of benzene rings is 3. The van der Waals surface area contributed by atoms with Crippen molar-refractivity contribution in [2.45, 2.75) is 59.9 Å². The standard InChI is InChI=1S/C23H25N7O2.C22H22N8O2.C19H16N8O/c1-4-24-23(32)29-22-27-18-11-15(30-12-19(26-13-30)20(31)9-14(2)3)10-16(21(18)28-22)17-7-5-6-8-25-17;1-2-23-22(32)29-21-27-17-10-14(9-15(19(17)28-21)16-5-3-4-8-24-16)30-11-18(25-12-30)20(31)26-13-6-7-13;1-2-21-19(28)26-18-24-16-8-13(27-10-12(9-20)23-11-27)7-14(17(16)25-18)15-5-3-4-6-22-15/h5-8,10-14H,4,9H2,1-3H3,(H3,24,27,28,29,32);3-5,8-13H,2,6-7H2,1H3,(H,26,31)(H3,23,27,28,29,32);3-8,10-11H,2H2,1H3,(H3,21,24,25,26,28). The van der Waals surface area contributed by atoms with Crippen molar-refractivity contribution < 1.29 is 24.0 Å². The third-order valence-electron chi connectivity index (χ3n) is 14.0. The molecule has 12 aromatic rings. The third-order valence-corrected chi connectivity index (χ3v) is 14.0. The number of hydrogen-bond acceptors (Lipinski definition) is 15. The maximum absolute atomic E-state index is 12.4. The molecule has 1 aliphatic carbocycles. The first kappa shape index (κ1) is 61.2. The molecule has 7 amide bonds. The van der Waals surface area contributed by atoms with E-state index >= 15 is 0 Å². The van der Waals surface area contributed by atoms with E-state index in [1.807, 2.05) is 132 Å². The van der Waals surface area contributed by atoms with Crippen molar-refractivity contribution in [2.75, 3.05) is 35.6 Å². The predicted molar refractivity (Wildman–Crippen MR) is 346 cm³/mol. The van der Waals surface area contributed by atoms with E-state index in [0.717, 1.165) is 74.7 Å². The van der Waals surface area contributed by atoms with Crippen LogP contribution in [-0.2, 0) is 0 Å². The molecular formula is C64H63N23O5. The van der Waals surface area contributed by atoms with E-state index in [1.165, 1.54) is 0 Å². The lowest BCUT2D eigenvalue weighted by Gasteiger charge is -2.07. The molecule has 3 aromatic carbocycles.